The van der Waals surface area contributed by atoms with Crippen molar-refractivity contribution in [1.82, 2.24) is 4.90 Å². The highest BCUT2D eigenvalue weighted by Gasteiger charge is 2.25. The van der Waals surface area contributed by atoms with E-state index in [0.29, 0.717) is 37.1 Å². The van der Waals surface area contributed by atoms with E-state index in [1.54, 1.807) is 24.0 Å². The van der Waals surface area contributed by atoms with Gasteiger partial charge in [0.2, 0.25) is 0 Å². The SMILES string of the molecule is Cc1cc(C(=O)N2CCC[C@@H](CCc3c(F)cccc3F)C2)ccc1O. The Bertz CT molecular complexity index is 786. The molecular weight excluding hydrogens is 336 g/mol. The quantitative estimate of drug-likeness (QED) is 0.875. The lowest BCUT2D eigenvalue weighted by atomic mass is 9.91. The summed E-state index contributed by atoms with van der Waals surface area (Å²) in [5.41, 5.74) is 1.35. The second kappa shape index (κ2) is 7.85. The summed E-state index contributed by atoms with van der Waals surface area (Å²) < 4.78 is 27.6. The molecule has 138 valence electrons. The van der Waals surface area contributed by atoms with E-state index in [-0.39, 0.29) is 23.1 Å². The van der Waals surface area contributed by atoms with Gasteiger partial charge in [-0.2, -0.15) is 0 Å². The van der Waals surface area contributed by atoms with Gasteiger partial charge in [-0.3, -0.25) is 4.79 Å². The van der Waals surface area contributed by atoms with Crippen LogP contribution in [-0.4, -0.2) is 29.0 Å². The minimum Gasteiger partial charge on any atom is -0.508 e. The Hall–Kier alpha value is -2.43. The first-order valence-corrected chi connectivity index (χ1v) is 8.97. The molecule has 0 aromatic heterocycles. The summed E-state index contributed by atoms with van der Waals surface area (Å²) in [7, 11) is 0. The lowest BCUT2D eigenvalue weighted by Gasteiger charge is -2.33. The van der Waals surface area contributed by atoms with Gasteiger partial charge in [-0.25, -0.2) is 8.78 Å². The second-order valence-corrected chi connectivity index (χ2v) is 7.00. The van der Waals surface area contributed by atoms with Crippen molar-refractivity contribution in [3.05, 3.63) is 64.7 Å². The molecule has 3 nitrogen and oxygen atoms in total. The highest BCUT2D eigenvalue weighted by molar-refractivity contribution is 5.94. The lowest BCUT2D eigenvalue weighted by Crippen LogP contribution is -2.40. The molecule has 1 aliphatic rings. The van der Waals surface area contributed by atoms with Crippen LogP contribution < -0.4 is 0 Å². The number of hydrogen-bond acceptors (Lipinski definition) is 2. The van der Waals surface area contributed by atoms with Crippen molar-refractivity contribution in [3.8, 4) is 5.75 Å². The third kappa shape index (κ3) is 4.03. The number of carbonyl (C=O) groups excluding carboxylic acids is 1. The molecule has 1 saturated heterocycles. The Morgan fingerprint density at radius 3 is 2.65 bits per heavy atom. The molecule has 3 rings (SSSR count). The Morgan fingerprint density at radius 2 is 1.96 bits per heavy atom. The van der Waals surface area contributed by atoms with Crippen LogP contribution in [0.5, 0.6) is 5.75 Å². The van der Waals surface area contributed by atoms with E-state index >= 15 is 0 Å². The van der Waals surface area contributed by atoms with Crippen LogP contribution >= 0.6 is 0 Å². The van der Waals surface area contributed by atoms with Crippen LogP contribution in [0.1, 0.15) is 40.7 Å². The number of aryl methyl sites for hydroxylation is 1. The molecule has 1 atom stereocenters. The molecule has 26 heavy (non-hydrogen) atoms. The summed E-state index contributed by atoms with van der Waals surface area (Å²) in [6.07, 6.45) is 2.82. The van der Waals surface area contributed by atoms with Crippen LogP contribution in [0.3, 0.4) is 0 Å². The van der Waals surface area contributed by atoms with Gasteiger partial charge in [0.05, 0.1) is 0 Å². The summed E-state index contributed by atoms with van der Waals surface area (Å²) in [4.78, 5) is 14.5. The van der Waals surface area contributed by atoms with Crippen molar-refractivity contribution in [3.63, 3.8) is 0 Å². The van der Waals surface area contributed by atoms with Crippen molar-refractivity contribution in [2.24, 2.45) is 5.92 Å². The number of piperidine rings is 1. The predicted molar refractivity (Wildman–Crippen MR) is 96.2 cm³/mol. The van der Waals surface area contributed by atoms with E-state index in [4.69, 9.17) is 0 Å². The number of halogens is 2. The standard InChI is InChI=1S/C21H23F2NO2/c1-14-12-16(8-10-20(14)25)21(26)24-11-3-4-15(13-24)7-9-17-18(22)5-2-6-19(17)23/h2,5-6,8,10,12,15,25H,3-4,7,9,11,13H2,1H3/t15-/m0/s1. The Balaban J connectivity index is 1.63. The smallest absolute Gasteiger partial charge is 0.253 e. The van der Waals surface area contributed by atoms with Crippen molar-refractivity contribution in [1.29, 1.82) is 0 Å². The molecule has 0 bridgehead atoms. The Morgan fingerprint density at radius 1 is 1.23 bits per heavy atom. The molecule has 0 spiro atoms. The second-order valence-electron chi connectivity index (χ2n) is 7.00. The molecule has 0 aliphatic carbocycles. The molecule has 1 fully saturated rings. The van der Waals surface area contributed by atoms with Crippen LogP contribution in [0.4, 0.5) is 8.78 Å². The number of phenolic OH excluding ortho intramolecular Hbond substituents is 1. The van der Waals surface area contributed by atoms with Crippen molar-refractivity contribution >= 4 is 5.91 Å². The maximum absolute atomic E-state index is 13.8. The zero-order valence-electron chi connectivity index (χ0n) is 14.8. The van der Waals surface area contributed by atoms with Crippen molar-refractivity contribution in [2.75, 3.05) is 13.1 Å². The lowest BCUT2D eigenvalue weighted by molar-refractivity contribution is 0.0668. The van der Waals surface area contributed by atoms with E-state index in [1.807, 2.05) is 0 Å². The minimum absolute atomic E-state index is 0.0603. The van der Waals surface area contributed by atoms with Crippen molar-refractivity contribution in [2.45, 2.75) is 32.6 Å². The molecule has 0 unspecified atom stereocenters. The monoisotopic (exact) mass is 359 g/mol. The highest BCUT2D eigenvalue weighted by Crippen LogP contribution is 2.25. The first-order valence-electron chi connectivity index (χ1n) is 8.97. The van der Waals surface area contributed by atoms with Crippen LogP contribution in [0.2, 0.25) is 0 Å². The fourth-order valence-corrected chi connectivity index (χ4v) is 3.58. The summed E-state index contributed by atoms with van der Waals surface area (Å²) >= 11 is 0. The first kappa shape index (κ1) is 18.4. The van der Waals surface area contributed by atoms with Crippen LogP contribution in [-0.2, 0) is 6.42 Å². The van der Waals surface area contributed by atoms with Crippen molar-refractivity contribution < 1.29 is 18.7 Å². The van der Waals surface area contributed by atoms with Gasteiger partial charge in [0.1, 0.15) is 17.4 Å². The fraction of sp³-hybridized carbons (Fsp3) is 0.381. The van der Waals surface area contributed by atoms with Gasteiger partial charge in [-0.15, -0.1) is 0 Å². The summed E-state index contributed by atoms with van der Waals surface area (Å²) in [6, 6.07) is 8.78. The number of likely N-dealkylation sites (tertiary alicyclic amines) is 1. The number of rotatable bonds is 4. The molecule has 0 saturated carbocycles. The van der Waals surface area contributed by atoms with Gasteiger partial charge in [0, 0.05) is 24.2 Å². The maximum Gasteiger partial charge on any atom is 0.253 e. The van der Waals surface area contributed by atoms with Gasteiger partial charge in [-0.05, 0) is 74.4 Å². The van der Waals surface area contributed by atoms with Gasteiger partial charge in [0.15, 0.2) is 0 Å². The van der Waals surface area contributed by atoms with E-state index < -0.39 is 11.6 Å². The number of benzene rings is 2. The van der Waals surface area contributed by atoms with Crippen LogP contribution in [0.15, 0.2) is 36.4 Å². The van der Waals surface area contributed by atoms with Crippen LogP contribution in [0, 0.1) is 24.5 Å². The fourth-order valence-electron chi connectivity index (χ4n) is 3.58. The number of carbonyl (C=O) groups is 1. The molecule has 0 radical (unpaired) electrons. The molecule has 1 aliphatic heterocycles. The zero-order valence-corrected chi connectivity index (χ0v) is 14.8. The summed E-state index contributed by atoms with van der Waals surface area (Å²) in [5, 5.41) is 9.61. The van der Waals surface area contributed by atoms with E-state index in [1.165, 1.54) is 24.3 Å². The minimum atomic E-state index is -0.506. The van der Waals surface area contributed by atoms with E-state index in [9.17, 15) is 18.7 Å². The Labute approximate surface area is 152 Å². The topological polar surface area (TPSA) is 40.5 Å². The van der Waals surface area contributed by atoms with E-state index in [0.717, 1.165) is 12.8 Å². The number of aromatic hydroxyl groups is 1. The number of amides is 1. The number of hydrogen-bond donors (Lipinski definition) is 1. The third-order valence-corrected chi connectivity index (χ3v) is 5.11. The van der Waals surface area contributed by atoms with Gasteiger partial charge in [0.25, 0.3) is 5.91 Å². The zero-order chi connectivity index (χ0) is 18.7. The van der Waals surface area contributed by atoms with Gasteiger partial charge < -0.3 is 10.0 Å². The average Bonchev–Trinajstić information content (AvgIpc) is 2.63. The molecule has 5 heteroatoms. The summed E-state index contributed by atoms with van der Waals surface area (Å²) in [6.45, 7) is 3.03. The third-order valence-electron chi connectivity index (χ3n) is 5.11. The molecule has 2 aromatic carbocycles. The van der Waals surface area contributed by atoms with Crippen LogP contribution in [0.25, 0.3) is 0 Å². The molecule has 2 aromatic rings. The molecular formula is C21H23F2NO2. The van der Waals surface area contributed by atoms with Gasteiger partial charge >= 0.3 is 0 Å². The highest BCUT2D eigenvalue weighted by atomic mass is 19.1. The van der Waals surface area contributed by atoms with Gasteiger partial charge in [-0.1, -0.05) is 6.07 Å². The predicted octanol–water partition coefficient (Wildman–Crippen LogP) is 4.46. The normalized spacial score (nSPS) is 17.3. The van der Waals surface area contributed by atoms with E-state index in [2.05, 4.69) is 0 Å². The Kier molecular flexibility index (Phi) is 5.55. The first-order chi connectivity index (χ1) is 12.5. The number of nitrogens with zero attached hydrogens (tertiary/aromatic N) is 1. The largest absolute Gasteiger partial charge is 0.508 e. The summed E-state index contributed by atoms with van der Waals surface area (Å²) in [5.74, 6) is -0.675. The molecule has 1 amide bonds. The molecule has 1 heterocycles. The maximum atomic E-state index is 13.8. The molecule has 1 N–H and O–H groups in total. The average molecular weight is 359 g/mol. The number of phenols is 1.